The van der Waals surface area contributed by atoms with Gasteiger partial charge in [0.2, 0.25) is 5.91 Å². The highest BCUT2D eigenvalue weighted by atomic mass is 16.3. The Kier molecular flexibility index (Phi) is 5.17. The van der Waals surface area contributed by atoms with Crippen LogP contribution in [0.15, 0.2) is 18.2 Å². The van der Waals surface area contributed by atoms with Crippen LogP contribution >= 0.6 is 0 Å². The van der Waals surface area contributed by atoms with Gasteiger partial charge in [-0.05, 0) is 24.1 Å². The van der Waals surface area contributed by atoms with Gasteiger partial charge in [0.05, 0.1) is 12.1 Å². The monoisotopic (exact) mass is 265 g/mol. The van der Waals surface area contributed by atoms with Crippen molar-refractivity contribution in [2.24, 2.45) is 5.92 Å². The van der Waals surface area contributed by atoms with Crippen molar-refractivity contribution in [3.8, 4) is 5.75 Å². The summed E-state index contributed by atoms with van der Waals surface area (Å²) in [5.41, 5.74) is 6.02. The SMILES string of the molecule is CC(C)CNC(=O)CNC(=O)c1cc(O)ccc1N. The Morgan fingerprint density at radius 3 is 2.63 bits per heavy atom. The Bertz CT molecular complexity index is 472. The Morgan fingerprint density at radius 2 is 2.00 bits per heavy atom. The van der Waals surface area contributed by atoms with E-state index in [2.05, 4.69) is 10.6 Å². The van der Waals surface area contributed by atoms with E-state index in [1.165, 1.54) is 18.2 Å². The van der Waals surface area contributed by atoms with Crippen LogP contribution in [0.2, 0.25) is 0 Å². The van der Waals surface area contributed by atoms with E-state index in [1.807, 2.05) is 13.8 Å². The van der Waals surface area contributed by atoms with Gasteiger partial charge in [-0.1, -0.05) is 13.8 Å². The summed E-state index contributed by atoms with van der Waals surface area (Å²) in [6, 6.07) is 4.08. The maximum absolute atomic E-state index is 11.8. The fourth-order valence-electron chi connectivity index (χ4n) is 1.38. The first kappa shape index (κ1) is 14.8. The number of phenolic OH excluding ortho intramolecular Hbond substituents is 1. The average Bonchev–Trinajstić information content (AvgIpc) is 2.36. The van der Waals surface area contributed by atoms with E-state index in [1.54, 1.807) is 0 Å². The van der Waals surface area contributed by atoms with Crippen molar-refractivity contribution in [2.75, 3.05) is 18.8 Å². The van der Waals surface area contributed by atoms with E-state index in [-0.39, 0.29) is 29.5 Å². The van der Waals surface area contributed by atoms with Crippen LogP contribution in [-0.2, 0) is 4.79 Å². The molecule has 0 fully saturated rings. The molecule has 0 unspecified atom stereocenters. The number of phenols is 1. The fourth-order valence-corrected chi connectivity index (χ4v) is 1.38. The number of carbonyl (C=O) groups excluding carboxylic acids is 2. The highest BCUT2D eigenvalue weighted by Crippen LogP contribution is 2.17. The van der Waals surface area contributed by atoms with Gasteiger partial charge in [-0.3, -0.25) is 9.59 Å². The van der Waals surface area contributed by atoms with Crippen LogP contribution in [0.1, 0.15) is 24.2 Å². The molecule has 0 saturated heterocycles. The van der Waals surface area contributed by atoms with Crippen molar-refractivity contribution in [1.82, 2.24) is 10.6 Å². The number of rotatable bonds is 5. The molecule has 0 saturated carbocycles. The molecule has 6 heteroatoms. The second-order valence-corrected chi connectivity index (χ2v) is 4.65. The van der Waals surface area contributed by atoms with Crippen molar-refractivity contribution >= 4 is 17.5 Å². The van der Waals surface area contributed by atoms with E-state index in [0.717, 1.165) is 0 Å². The second-order valence-electron chi connectivity index (χ2n) is 4.65. The largest absolute Gasteiger partial charge is 0.508 e. The Labute approximate surface area is 112 Å². The molecule has 1 aromatic rings. The molecule has 1 rings (SSSR count). The van der Waals surface area contributed by atoms with Crippen LogP contribution in [0.5, 0.6) is 5.75 Å². The van der Waals surface area contributed by atoms with E-state index in [4.69, 9.17) is 5.73 Å². The maximum Gasteiger partial charge on any atom is 0.253 e. The smallest absolute Gasteiger partial charge is 0.253 e. The van der Waals surface area contributed by atoms with E-state index < -0.39 is 5.91 Å². The number of amides is 2. The van der Waals surface area contributed by atoms with Crippen LogP contribution in [0.3, 0.4) is 0 Å². The minimum Gasteiger partial charge on any atom is -0.508 e. The first-order valence-corrected chi connectivity index (χ1v) is 6.03. The Morgan fingerprint density at radius 1 is 1.32 bits per heavy atom. The molecular weight excluding hydrogens is 246 g/mol. The van der Waals surface area contributed by atoms with Gasteiger partial charge < -0.3 is 21.5 Å². The summed E-state index contributed by atoms with van der Waals surface area (Å²) in [5, 5.41) is 14.4. The van der Waals surface area contributed by atoms with Crippen LogP contribution in [-0.4, -0.2) is 30.0 Å². The van der Waals surface area contributed by atoms with Gasteiger partial charge >= 0.3 is 0 Å². The van der Waals surface area contributed by atoms with Gasteiger partial charge in [0.15, 0.2) is 0 Å². The minimum atomic E-state index is -0.493. The van der Waals surface area contributed by atoms with Gasteiger partial charge in [-0.15, -0.1) is 0 Å². The number of anilines is 1. The highest BCUT2D eigenvalue weighted by molar-refractivity contribution is 6.01. The molecule has 0 aromatic heterocycles. The zero-order chi connectivity index (χ0) is 14.4. The minimum absolute atomic E-state index is 0.0522. The molecule has 0 aliphatic rings. The van der Waals surface area contributed by atoms with E-state index in [0.29, 0.717) is 12.5 Å². The number of nitrogens with one attached hydrogen (secondary N) is 2. The summed E-state index contributed by atoms with van der Waals surface area (Å²) in [4.78, 5) is 23.2. The van der Waals surface area contributed by atoms with Gasteiger partial charge in [0.25, 0.3) is 5.91 Å². The van der Waals surface area contributed by atoms with Gasteiger partial charge in [0, 0.05) is 12.2 Å². The predicted octanol–water partition coefficient (Wildman–Crippen LogP) is 0.476. The van der Waals surface area contributed by atoms with E-state index in [9.17, 15) is 14.7 Å². The van der Waals surface area contributed by atoms with Crippen molar-refractivity contribution in [3.63, 3.8) is 0 Å². The lowest BCUT2D eigenvalue weighted by Gasteiger charge is -2.09. The number of hydrogen-bond donors (Lipinski definition) is 4. The standard InChI is InChI=1S/C13H19N3O3/c1-8(2)6-15-12(18)7-16-13(19)10-5-9(17)3-4-11(10)14/h3-5,8,17H,6-7,14H2,1-2H3,(H,15,18)(H,16,19). The summed E-state index contributed by atoms with van der Waals surface area (Å²) in [6.07, 6.45) is 0. The van der Waals surface area contributed by atoms with Crippen LogP contribution in [0.25, 0.3) is 0 Å². The lowest BCUT2D eigenvalue weighted by molar-refractivity contribution is -0.120. The van der Waals surface area contributed by atoms with Gasteiger partial charge in [-0.25, -0.2) is 0 Å². The zero-order valence-corrected chi connectivity index (χ0v) is 11.1. The molecule has 0 bridgehead atoms. The number of nitrogen functional groups attached to an aromatic ring is 1. The third-order valence-corrected chi connectivity index (χ3v) is 2.40. The topological polar surface area (TPSA) is 104 Å². The molecule has 1 aromatic carbocycles. The summed E-state index contributed by atoms with van der Waals surface area (Å²) in [7, 11) is 0. The van der Waals surface area contributed by atoms with Crippen molar-refractivity contribution < 1.29 is 14.7 Å². The second kappa shape index (κ2) is 6.63. The van der Waals surface area contributed by atoms with Crippen molar-refractivity contribution in [2.45, 2.75) is 13.8 Å². The number of aromatic hydroxyl groups is 1. The normalized spacial score (nSPS) is 10.3. The molecule has 104 valence electrons. The third-order valence-electron chi connectivity index (χ3n) is 2.40. The zero-order valence-electron chi connectivity index (χ0n) is 11.1. The summed E-state index contributed by atoms with van der Waals surface area (Å²) >= 11 is 0. The summed E-state index contributed by atoms with van der Waals surface area (Å²) in [6.45, 7) is 4.39. The number of nitrogens with two attached hydrogens (primary N) is 1. The lowest BCUT2D eigenvalue weighted by Crippen LogP contribution is -2.38. The summed E-state index contributed by atoms with van der Waals surface area (Å²) < 4.78 is 0. The molecule has 0 aliphatic heterocycles. The highest BCUT2D eigenvalue weighted by Gasteiger charge is 2.11. The molecule has 0 aliphatic carbocycles. The fraction of sp³-hybridized carbons (Fsp3) is 0.385. The van der Waals surface area contributed by atoms with Crippen molar-refractivity contribution in [1.29, 1.82) is 0 Å². The van der Waals surface area contributed by atoms with Gasteiger partial charge in [0.1, 0.15) is 5.75 Å². The number of benzene rings is 1. The maximum atomic E-state index is 11.8. The molecule has 0 heterocycles. The molecule has 19 heavy (non-hydrogen) atoms. The molecule has 6 nitrogen and oxygen atoms in total. The van der Waals surface area contributed by atoms with Crippen LogP contribution in [0, 0.1) is 5.92 Å². The molecule has 0 radical (unpaired) electrons. The molecule has 0 spiro atoms. The number of carbonyl (C=O) groups is 2. The van der Waals surface area contributed by atoms with Crippen LogP contribution < -0.4 is 16.4 Å². The van der Waals surface area contributed by atoms with Gasteiger partial charge in [-0.2, -0.15) is 0 Å². The Hall–Kier alpha value is -2.24. The Balaban J connectivity index is 2.51. The quantitative estimate of drug-likeness (QED) is 0.459. The summed E-state index contributed by atoms with van der Waals surface area (Å²) in [5.74, 6) is -0.459. The first-order valence-electron chi connectivity index (χ1n) is 6.03. The lowest BCUT2D eigenvalue weighted by atomic mass is 10.1. The average molecular weight is 265 g/mol. The van der Waals surface area contributed by atoms with Crippen molar-refractivity contribution in [3.05, 3.63) is 23.8 Å². The third kappa shape index (κ3) is 4.87. The molecular formula is C13H19N3O3. The predicted molar refractivity (Wildman–Crippen MR) is 72.7 cm³/mol. The van der Waals surface area contributed by atoms with Crippen LogP contribution in [0.4, 0.5) is 5.69 Å². The molecule has 0 atom stereocenters. The first-order chi connectivity index (χ1) is 8.90. The van der Waals surface area contributed by atoms with E-state index >= 15 is 0 Å². The molecule has 5 N–H and O–H groups in total. The number of hydrogen-bond acceptors (Lipinski definition) is 4. The molecule has 2 amide bonds.